The van der Waals surface area contributed by atoms with Crippen molar-refractivity contribution in [3.05, 3.63) is 23.8 Å². The number of halogens is 3. The molecule has 1 aromatic rings. The van der Waals surface area contributed by atoms with E-state index in [9.17, 15) is 23.1 Å². The number of phenolic OH excluding ortho intramolecular Hbond substituents is 1. The molecule has 20 heavy (non-hydrogen) atoms. The molecule has 0 unspecified atom stereocenters. The van der Waals surface area contributed by atoms with Gasteiger partial charge in [0, 0.05) is 26.2 Å². The van der Waals surface area contributed by atoms with Gasteiger partial charge in [0.25, 0.3) is 0 Å². The van der Waals surface area contributed by atoms with Gasteiger partial charge in [-0.15, -0.1) is 0 Å². The van der Waals surface area contributed by atoms with Gasteiger partial charge in [0.05, 0.1) is 11.3 Å². The molecule has 1 amide bonds. The largest absolute Gasteiger partial charge is 0.506 e. The van der Waals surface area contributed by atoms with Gasteiger partial charge < -0.3 is 14.9 Å². The number of benzene rings is 1. The third-order valence-electron chi connectivity index (χ3n) is 3.32. The van der Waals surface area contributed by atoms with Crippen LogP contribution in [0.25, 0.3) is 0 Å². The van der Waals surface area contributed by atoms with Gasteiger partial charge in [0.15, 0.2) is 0 Å². The lowest BCUT2D eigenvalue weighted by Gasteiger charge is -2.24. The lowest BCUT2D eigenvalue weighted by Crippen LogP contribution is -2.30. The van der Waals surface area contributed by atoms with Gasteiger partial charge in [0.1, 0.15) is 5.75 Å². The number of alkyl halides is 3. The van der Waals surface area contributed by atoms with Crippen LogP contribution in [0.5, 0.6) is 5.75 Å². The maximum absolute atomic E-state index is 12.5. The van der Waals surface area contributed by atoms with Crippen LogP contribution in [0.3, 0.4) is 0 Å². The quantitative estimate of drug-likeness (QED) is 0.847. The molecular formula is C13H15F3N2O2. The molecule has 0 atom stereocenters. The van der Waals surface area contributed by atoms with Gasteiger partial charge >= 0.3 is 6.18 Å². The van der Waals surface area contributed by atoms with Crippen LogP contribution in [0, 0.1) is 0 Å². The Morgan fingerprint density at radius 3 is 2.50 bits per heavy atom. The number of hydrogen-bond acceptors (Lipinski definition) is 3. The van der Waals surface area contributed by atoms with Crippen LogP contribution in [-0.2, 0) is 11.0 Å². The Bertz CT molecular complexity index is 491. The molecule has 0 spiro atoms. The van der Waals surface area contributed by atoms with Crippen molar-refractivity contribution in [2.75, 3.05) is 31.1 Å². The van der Waals surface area contributed by atoms with Crippen molar-refractivity contribution >= 4 is 12.1 Å². The average Bonchev–Trinajstić information content (AvgIpc) is 2.62. The Hall–Kier alpha value is -1.92. The maximum atomic E-state index is 12.5. The van der Waals surface area contributed by atoms with E-state index in [-0.39, 0.29) is 5.75 Å². The Labute approximate surface area is 114 Å². The summed E-state index contributed by atoms with van der Waals surface area (Å²) in [5.74, 6) is -0.389. The summed E-state index contributed by atoms with van der Waals surface area (Å²) >= 11 is 0. The fraction of sp³-hybridized carbons (Fsp3) is 0.462. The summed E-state index contributed by atoms with van der Waals surface area (Å²) in [7, 11) is 0. The first kappa shape index (κ1) is 14.5. The van der Waals surface area contributed by atoms with Crippen molar-refractivity contribution in [1.82, 2.24) is 4.90 Å². The van der Waals surface area contributed by atoms with E-state index in [1.165, 1.54) is 6.07 Å². The zero-order valence-corrected chi connectivity index (χ0v) is 10.7. The van der Waals surface area contributed by atoms with E-state index in [1.807, 2.05) is 0 Å². The van der Waals surface area contributed by atoms with Crippen molar-refractivity contribution in [1.29, 1.82) is 0 Å². The SMILES string of the molecule is O=CN1CCCN(c2ccc(C(F)(F)F)cc2O)CC1. The first-order valence-electron chi connectivity index (χ1n) is 6.26. The normalized spacial score (nSPS) is 16.9. The van der Waals surface area contributed by atoms with Crippen molar-refractivity contribution in [3.8, 4) is 5.75 Å². The Morgan fingerprint density at radius 2 is 1.90 bits per heavy atom. The molecule has 1 aromatic carbocycles. The number of hydrogen-bond donors (Lipinski definition) is 1. The molecule has 1 N–H and O–H groups in total. The minimum Gasteiger partial charge on any atom is -0.506 e. The van der Waals surface area contributed by atoms with Crippen molar-refractivity contribution in [2.45, 2.75) is 12.6 Å². The van der Waals surface area contributed by atoms with Crippen LogP contribution in [0.2, 0.25) is 0 Å². The molecule has 1 aliphatic heterocycles. The average molecular weight is 288 g/mol. The van der Waals surface area contributed by atoms with Gasteiger partial charge in [-0.2, -0.15) is 13.2 Å². The Balaban J connectivity index is 2.18. The predicted molar refractivity (Wildman–Crippen MR) is 67.6 cm³/mol. The molecule has 110 valence electrons. The van der Waals surface area contributed by atoms with Crippen LogP contribution in [0.15, 0.2) is 18.2 Å². The Kier molecular flexibility index (Phi) is 4.06. The highest BCUT2D eigenvalue weighted by atomic mass is 19.4. The van der Waals surface area contributed by atoms with Crippen LogP contribution in [0.1, 0.15) is 12.0 Å². The molecule has 0 radical (unpaired) electrons. The molecule has 0 bridgehead atoms. The zero-order chi connectivity index (χ0) is 14.8. The smallest absolute Gasteiger partial charge is 0.416 e. The monoisotopic (exact) mass is 288 g/mol. The molecule has 1 fully saturated rings. The highest BCUT2D eigenvalue weighted by molar-refractivity contribution is 5.59. The number of aromatic hydroxyl groups is 1. The van der Waals surface area contributed by atoms with Gasteiger partial charge in [-0.25, -0.2) is 0 Å². The van der Waals surface area contributed by atoms with Gasteiger partial charge in [-0.3, -0.25) is 4.79 Å². The summed E-state index contributed by atoms with van der Waals surface area (Å²) < 4.78 is 37.6. The summed E-state index contributed by atoms with van der Waals surface area (Å²) in [6.45, 7) is 2.17. The molecule has 1 saturated heterocycles. The van der Waals surface area contributed by atoms with Gasteiger partial charge in [0.2, 0.25) is 6.41 Å². The fourth-order valence-electron chi connectivity index (χ4n) is 2.25. The van der Waals surface area contributed by atoms with E-state index in [0.717, 1.165) is 18.5 Å². The minimum absolute atomic E-state index is 0.366. The van der Waals surface area contributed by atoms with E-state index in [2.05, 4.69) is 0 Å². The third-order valence-corrected chi connectivity index (χ3v) is 3.32. The molecule has 1 heterocycles. The third kappa shape index (κ3) is 3.15. The Morgan fingerprint density at radius 1 is 1.15 bits per heavy atom. The lowest BCUT2D eigenvalue weighted by molar-refractivity contribution is -0.137. The van der Waals surface area contributed by atoms with Crippen LogP contribution >= 0.6 is 0 Å². The number of nitrogens with zero attached hydrogens (tertiary/aromatic N) is 2. The van der Waals surface area contributed by atoms with E-state index < -0.39 is 11.7 Å². The summed E-state index contributed by atoms with van der Waals surface area (Å²) in [6, 6.07) is 2.96. The molecule has 7 heteroatoms. The summed E-state index contributed by atoms with van der Waals surface area (Å²) in [5.41, 5.74) is -0.506. The topological polar surface area (TPSA) is 43.8 Å². The summed E-state index contributed by atoms with van der Waals surface area (Å²) in [5, 5.41) is 9.80. The summed E-state index contributed by atoms with van der Waals surface area (Å²) in [4.78, 5) is 14.1. The zero-order valence-electron chi connectivity index (χ0n) is 10.7. The second-order valence-electron chi connectivity index (χ2n) is 4.68. The standard InChI is InChI=1S/C13H15F3N2O2/c14-13(15,16)10-2-3-11(12(20)8-10)18-5-1-4-17(9-19)6-7-18/h2-3,8-9,20H,1,4-7H2. The molecule has 2 rings (SSSR count). The number of anilines is 1. The second-order valence-corrected chi connectivity index (χ2v) is 4.68. The molecule has 0 aliphatic carbocycles. The van der Waals surface area contributed by atoms with Crippen LogP contribution < -0.4 is 4.90 Å². The van der Waals surface area contributed by atoms with Crippen LogP contribution in [-0.4, -0.2) is 42.6 Å². The van der Waals surface area contributed by atoms with Crippen molar-refractivity contribution in [2.24, 2.45) is 0 Å². The van der Waals surface area contributed by atoms with E-state index in [1.54, 1.807) is 9.80 Å². The van der Waals surface area contributed by atoms with E-state index in [0.29, 0.717) is 38.3 Å². The molecule has 0 saturated carbocycles. The molecule has 1 aliphatic rings. The van der Waals surface area contributed by atoms with Crippen molar-refractivity contribution in [3.63, 3.8) is 0 Å². The highest BCUT2D eigenvalue weighted by Gasteiger charge is 2.31. The molecular weight excluding hydrogens is 273 g/mol. The van der Waals surface area contributed by atoms with E-state index >= 15 is 0 Å². The van der Waals surface area contributed by atoms with Crippen LogP contribution in [0.4, 0.5) is 18.9 Å². The number of carbonyl (C=O) groups is 1. The fourth-order valence-corrected chi connectivity index (χ4v) is 2.25. The summed E-state index contributed by atoms with van der Waals surface area (Å²) in [6.07, 6.45) is -3.00. The first-order chi connectivity index (χ1) is 9.41. The predicted octanol–water partition coefficient (Wildman–Crippen LogP) is 2.08. The minimum atomic E-state index is -4.47. The molecule has 0 aromatic heterocycles. The van der Waals surface area contributed by atoms with Gasteiger partial charge in [-0.1, -0.05) is 0 Å². The molecule has 4 nitrogen and oxygen atoms in total. The maximum Gasteiger partial charge on any atom is 0.416 e. The lowest BCUT2D eigenvalue weighted by atomic mass is 10.1. The second kappa shape index (κ2) is 5.60. The number of rotatable bonds is 2. The van der Waals surface area contributed by atoms with Gasteiger partial charge in [-0.05, 0) is 24.6 Å². The number of phenols is 1. The van der Waals surface area contributed by atoms with Crippen molar-refractivity contribution < 1.29 is 23.1 Å². The highest BCUT2D eigenvalue weighted by Crippen LogP contribution is 2.36. The number of amides is 1. The number of carbonyl (C=O) groups excluding carboxylic acids is 1. The first-order valence-corrected chi connectivity index (χ1v) is 6.26. The van der Waals surface area contributed by atoms with E-state index in [4.69, 9.17) is 0 Å².